The number of carbonyl (C=O) groups is 2. The van der Waals surface area contributed by atoms with E-state index in [1.807, 2.05) is 0 Å². The number of hydrogen-bond acceptors (Lipinski definition) is 2. The lowest BCUT2D eigenvalue weighted by molar-refractivity contribution is -0.136. The highest BCUT2D eigenvalue weighted by Crippen LogP contribution is 2.09. The van der Waals surface area contributed by atoms with Crippen molar-refractivity contribution in [1.82, 2.24) is 5.32 Å². The van der Waals surface area contributed by atoms with Crippen LogP contribution in [0.4, 0.5) is 10.5 Å². The Morgan fingerprint density at radius 2 is 1.94 bits per heavy atom. The van der Waals surface area contributed by atoms with Crippen LogP contribution in [0.5, 0.6) is 0 Å². The normalized spacial score (nSPS) is 9.12. The predicted octanol–water partition coefficient (Wildman–Crippen LogP) is 1.07. The van der Waals surface area contributed by atoms with Gasteiger partial charge in [-0.3, -0.25) is 4.79 Å². The van der Waals surface area contributed by atoms with Crippen molar-refractivity contribution in [3.05, 3.63) is 29.8 Å². The Hall–Kier alpha value is -2.48. The van der Waals surface area contributed by atoms with Crippen molar-refractivity contribution in [3.63, 3.8) is 0 Å². The van der Waals surface area contributed by atoms with Crippen molar-refractivity contribution in [2.24, 2.45) is 0 Å². The predicted molar refractivity (Wildman–Crippen MR) is 63.6 cm³/mol. The molecule has 0 radical (unpaired) electrons. The molecule has 3 N–H and O–H groups in total. The molecule has 2 amide bonds. The fourth-order valence-electron chi connectivity index (χ4n) is 1.19. The Bertz CT molecular complexity index is 446. The second kappa shape index (κ2) is 6.18. The molecule has 0 saturated heterocycles. The van der Waals surface area contributed by atoms with Gasteiger partial charge in [-0.05, 0) is 17.7 Å². The molecular weight excluding hydrogens is 220 g/mol. The average molecular weight is 232 g/mol. The molecule has 0 unspecified atom stereocenters. The van der Waals surface area contributed by atoms with E-state index in [4.69, 9.17) is 11.5 Å². The number of rotatable bonds is 4. The summed E-state index contributed by atoms with van der Waals surface area (Å²) in [6.07, 6.45) is 4.95. The molecule has 5 nitrogen and oxygen atoms in total. The van der Waals surface area contributed by atoms with E-state index >= 15 is 0 Å². The van der Waals surface area contributed by atoms with Gasteiger partial charge in [-0.2, -0.15) is 0 Å². The van der Waals surface area contributed by atoms with Crippen LogP contribution in [0.3, 0.4) is 0 Å². The monoisotopic (exact) mass is 232 g/mol. The molecule has 0 fully saturated rings. The summed E-state index contributed by atoms with van der Waals surface area (Å²) in [7, 11) is 0. The summed E-state index contributed by atoms with van der Waals surface area (Å²) in [4.78, 5) is 21.7. The largest absolute Gasteiger partial charge is 0.481 e. The highest BCUT2D eigenvalue weighted by molar-refractivity contribution is 5.89. The van der Waals surface area contributed by atoms with Gasteiger partial charge in [-0.1, -0.05) is 18.1 Å². The number of carboxylic acid groups (broad SMARTS) is 1. The van der Waals surface area contributed by atoms with Crippen LogP contribution in [0, 0.1) is 12.3 Å². The molecule has 0 heterocycles. The zero-order valence-electron chi connectivity index (χ0n) is 9.06. The van der Waals surface area contributed by atoms with E-state index in [2.05, 4.69) is 16.6 Å². The summed E-state index contributed by atoms with van der Waals surface area (Å²) in [6.45, 7) is 0.156. The zero-order valence-corrected chi connectivity index (χ0v) is 9.06. The molecule has 0 bridgehead atoms. The summed E-state index contributed by atoms with van der Waals surface area (Å²) in [5, 5.41) is 13.6. The van der Waals surface area contributed by atoms with E-state index in [0.29, 0.717) is 11.3 Å². The van der Waals surface area contributed by atoms with Gasteiger partial charge in [0.2, 0.25) is 0 Å². The first-order valence-electron chi connectivity index (χ1n) is 4.91. The molecule has 88 valence electrons. The number of amides is 2. The van der Waals surface area contributed by atoms with Crippen LogP contribution in [0.1, 0.15) is 5.56 Å². The first-order chi connectivity index (χ1) is 8.11. The Labute approximate surface area is 98.8 Å². The SMILES string of the molecule is C#CCNC(=O)Nc1ccc(CC(=O)O)cc1. The first kappa shape index (κ1) is 12.6. The lowest BCUT2D eigenvalue weighted by Crippen LogP contribution is -2.28. The van der Waals surface area contributed by atoms with E-state index < -0.39 is 12.0 Å². The average Bonchev–Trinajstić information content (AvgIpc) is 2.28. The van der Waals surface area contributed by atoms with Gasteiger partial charge >= 0.3 is 12.0 Å². The van der Waals surface area contributed by atoms with Crippen LogP contribution < -0.4 is 10.6 Å². The topological polar surface area (TPSA) is 78.4 Å². The van der Waals surface area contributed by atoms with Gasteiger partial charge < -0.3 is 15.7 Å². The fourth-order valence-corrected chi connectivity index (χ4v) is 1.19. The number of hydrogen-bond donors (Lipinski definition) is 3. The van der Waals surface area contributed by atoms with Gasteiger partial charge in [-0.25, -0.2) is 4.79 Å². The molecular formula is C12H12N2O3. The van der Waals surface area contributed by atoms with E-state index in [1.54, 1.807) is 24.3 Å². The Morgan fingerprint density at radius 3 is 2.47 bits per heavy atom. The molecule has 0 aliphatic rings. The zero-order chi connectivity index (χ0) is 12.7. The number of urea groups is 1. The minimum absolute atomic E-state index is 0.0381. The van der Waals surface area contributed by atoms with Crippen LogP contribution in [-0.2, 0) is 11.2 Å². The van der Waals surface area contributed by atoms with Crippen LogP contribution in [-0.4, -0.2) is 23.7 Å². The standard InChI is InChI=1S/C12H12N2O3/c1-2-7-13-12(17)14-10-5-3-9(4-6-10)8-11(15)16/h1,3-6H,7-8H2,(H,15,16)(H2,13,14,17). The smallest absolute Gasteiger partial charge is 0.319 e. The third-order valence-electron chi connectivity index (χ3n) is 1.92. The van der Waals surface area contributed by atoms with Crippen molar-refractivity contribution in [2.45, 2.75) is 6.42 Å². The Kier molecular flexibility index (Phi) is 4.58. The van der Waals surface area contributed by atoms with E-state index in [0.717, 1.165) is 0 Å². The number of terminal acetylenes is 1. The van der Waals surface area contributed by atoms with E-state index in [9.17, 15) is 9.59 Å². The van der Waals surface area contributed by atoms with Crippen molar-refractivity contribution < 1.29 is 14.7 Å². The second-order valence-corrected chi connectivity index (χ2v) is 3.28. The third kappa shape index (κ3) is 4.71. The van der Waals surface area contributed by atoms with Crippen LogP contribution in [0.2, 0.25) is 0 Å². The quantitative estimate of drug-likeness (QED) is 0.679. The van der Waals surface area contributed by atoms with E-state index in [1.165, 1.54) is 0 Å². The Morgan fingerprint density at radius 1 is 1.29 bits per heavy atom. The van der Waals surface area contributed by atoms with Gasteiger partial charge in [0.15, 0.2) is 0 Å². The maximum atomic E-state index is 11.2. The molecule has 5 heteroatoms. The molecule has 0 aromatic heterocycles. The molecule has 0 spiro atoms. The lowest BCUT2D eigenvalue weighted by Gasteiger charge is -2.05. The summed E-state index contributed by atoms with van der Waals surface area (Å²) in [5.41, 5.74) is 1.25. The van der Waals surface area contributed by atoms with Gasteiger partial charge in [0.1, 0.15) is 0 Å². The maximum absolute atomic E-state index is 11.2. The minimum atomic E-state index is -0.891. The minimum Gasteiger partial charge on any atom is -0.481 e. The molecule has 0 aliphatic carbocycles. The number of nitrogens with one attached hydrogen (secondary N) is 2. The van der Waals surface area contributed by atoms with Gasteiger partial charge in [0.05, 0.1) is 13.0 Å². The van der Waals surface area contributed by atoms with Crippen LogP contribution >= 0.6 is 0 Å². The summed E-state index contributed by atoms with van der Waals surface area (Å²) < 4.78 is 0. The van der Waals surface area contributed by atoms with Crippen molar-refractivity contribution in [1.29, 1.82) is 0 Å². The van der Waals surface area contributed by atoms with Gasteiger partial charge in [-0.15, -0.1) is 6.42 Å². The Balaban J connectivity index is 2.53. The molecule has 1 aromatic carbocycles. The number of carboxylic acids is 1. The van der Waals surface area contributed by atoms with Crippen LogP contribution in [0.15, 0.2) is 24.3 Å². The van der Waals surface area contributed by atoms with E-state index in [-0.39, 0.29) is 13.0 Å². The summed E-state index contributed by atoms with van der Waals surface area (Å²) >= 11 is 0. The maximum Gasteiger partial charge on any atom is 0.319 e. The molecule has 1 aromatic rings. The summed E-state index contributed by atoms with van der Waals surface area (Å²) in [5.74, 6) is 1.39. The van der Waals surface area contributed by atoms with Crippen molar-refractivity contribution in [2.75, 3.05) is 11.9 Å². The highest BCUT2D eigenvalue weighted by atomic mass is 16.4. The van der Waals surface area contributed by atoms with Gasteiger partial charge in [0, 0.05) is 5.69 Å². The first-order valence-corrected chi connectivity index (χ1v) is 4.91. The third-order valence-corrected chi connectivity index (χ3v) is 1.92. The second-order valence-electron chi connectivity index (χ2n) is 3.28. The molecule has 1 rings (SSSR count). The molecule has 17 heavy (non-hydrogen) atoms. The molecule has 0 aliphatic heterocycles. The lowest BCUT2D eigenvalue weighted by atomic mass is 10.1. The fraction of sp³-hybridized carbons (Fsp3) is 0.167. The summed E-state index contributed by atoms with van der Waals surface area (Å²) in [6, 6.07) is 6.16. The van der Waals surface area contributed by atoms with Crippen LogP contribution in [0.25, 0.3) is 0 Å². The van der Waals surface area contributed by atoms with Crippen molar-refractivity contribution >= 4 is 17.7 Å². The molecule has 0 saturated carbocycles. The number of carbonyl (C=O) groups excluding carboxylic acids is 1. The van der Waals surface area contributed by atoms with Crippen molar-refractivity contribution in [3.8, 4) is 12.3 Å². The number of aliphatic carboxylic acids is 1. The number of benzene rings is 1. The number of anilines is 1. The van der Waals surface area contributed by atoms with Gasteiger partial charge in [0.25, 0.3) is 0 Å². The highest BCUT2D eigenvalue weighted by Gasteiger charge is 2.02. The molecule has 0 atom stereocenters.